The van der Waals surface area contributed by atoms with Crippen molar-refractivity contribution >= 4 is 27.6 Å². The van der Waals surface area contributed by atoms with Crippen molar-refractivity contribution in [1.29, 1.82) is 0 Å². The van der Waals surface area contributed by atoms with Crippen LogP contribution in [0.25, 0.3) is 32.9 Å². The predicted octanol–water partition coefficient (Wildman–Crippen LogP) is 4.54. The number of amides is 1. The number of hydrogen-bond donors (Lipinski definition) is 2. The van der Waals surface area contributed by atoms with Crippen molar-refractivity contribution in [1.82, 2.24) is 25.3 Å². The molecular weight excluding hydrogens is 450 g/mol. The van der Waals surface area contributed by atoms with E-state index in [0.717, 1.165) is 58.4 Å². The van der Waals surface area contributed by atoms with Gasteiger partial charge in [-0.3, -0.25) is 14.8 Å². The number of H-pyrrole nitrogens is 1. The second-order valence-corrected chi connectivity index (χ2v) is 9.85. The average Bonchev–Trinajstić information content (AvgIpc) is 3.53. The molecular formula is C29H35N5O2. The molecule has 188 valence electrons. The first-order chi connectivity index (χ1) is 17.5. The third-order valence-corrected chi connectivity index (χ3v) is 7.10. The zero-order valence-electron chi connectivity index (χ0n) is 21.4. The Kier molecular flexibility index (Phi) is 7.20. The topological polar surface area (TPSA) is 73.5 Å². The lowest BCUT2D eigenvalue weighted by Gasteiger charge is -2.22. The molecule has 1 aliphatic heterocycles. The van der Waals surface area contributed by atoms with Gasteiger partial charge in [-0.25, -0.2) is 0 Å². The average molecular weight is 486 g/mol. The Morgan fingerprint density at radius 2 is 1.97 bits per heavy atom. The molecule has 5 rings (SSSR count). The van der Waals surface area contributed by atoms with Crippen LogP contribution in [0.3, 0.4) is 0 Å². The highest BCUT2D eigenvalue weighted by Gasteiger charge is 2.23. The van der Waals surface area contributed by atoms with Gasteiger partial charge in [0.2, 0.25) is 0 Å². The molecule has 1 aromatic heterocycles. The Labute approximate surface area is 212 Å². The minimum Gasteiger partial charge on any atom is -0.492 e. The smallest absolute Gasteiger partial charge is 0.251 e. The molecule has 2 heterocycles. The SMILES string of the molecule is CCN1CCCC1COc1ccc2cc(-c3n[nH]c4ccc(C(=O)NCCN(C)C)cc34)ccc2c1. The van der Waals surface area contributed by atoms with E-state index in [0.29, 0.717) is 18.2 Å². The van der Waals surface area contributed by atoms with Gasteiger partial charge in [0.25, 0.3) is 5.91 Å². The number of fused-ring (bicyclic) bond motifs is 2. The molecule has 1 amide bonds. The molecule has 0 radical (unpaired) electrons. The van der Waals surface area contributed by atoms with E-state index < -0.39 is 0 Å². The number of carbonyl (C=O) groups excluding carboxylic acids is 1. The number of aromatic amines is 1. The normalized spacial score (nSPS) is 16.3. The van der Waals surface area contributed by atoms with Crippen molar-refractivity contribution in [2.75, 3.05) is 46.9 Å². The first kappa shape index (κ1) is 24.3. The molecule has 4 aromatic rings. The molecule has 0 saturated carbocycles. The number of likely N-dealkylation sites (N-methyl/N-ethyl adjacent to an activating group) is 2. The minimum absolute atomic E-state index is 0.0726. The van der Waals surface area contributed by atoms with Crippen LogP contribution in [0.4, 0.5) is 0 Å². The van der Waals surface area contributed by atoms with E-state index in [1.165, 1.54) is 19.4 Å². The fraction of sp³-hybridized carbons (Fsp3) is 0.379. The number of carbonyl (C=O) groups is 1. The van der Waals surface area contributed by atoms with Crippen LogP contribution in [0.15, 0.2) is 54.6 Å². The highest BCUT2D eigenvalue weighted by molar-refractivity contribution is 6.02. The van der Waals surface area contributed by atoms with E-state index in [9.17, 15) is 4.79 Å². The molecule has 2 N–H and O–H groups in total. The van der Waals surface area contributed by atoms with Gasteiger partial charge in [-0.15, -0.1) is 0 Å². The van der Waals surface area contributed by atoms with Crippen LogP contribution in [0, 0.1) is 0 Å². The lowest BCUT2D eigenvalue weighted by molar-refractivity contribution is 0.0951. The number of hydrogen-bond acceptors (Lipinski definition) is 5. The van der Waals surface area contributed by atoms with Crippen LogP contribution in [-0.4, -0.2) is 78.8 Å². The van der Waals surface area contributed by atoms with Gasteiger partial charge in [0.15, 0.2) is 0 Å². The number of nitrogens with zero attached hydrogens (tertiary/aromatic N) is 3. The largest absolute Gasteiger partial charge is 0.492 e. The van der Waals surface area contributed by atoms with E-state index >= 15 is 0 Å². The molecule has 1 unspecified atom stereocenters. The number of aromatic nitrogens is 2. The van der Waals surface area contributed by atoms with Crippen LogP contribution < -0.4 is 10.1 Å². The first-order valence-electron chi connectivity index (χ1n) is 12.8. The summed E-state index contributed by atoms with van der Waals surface area (Å²) < 4.78 is 6.17. The van der Waals surface area contributed by atoms with Gasteiger partial charge < -0.3 is 15.0 Å². The quantitative estimate of drug-likeness (QED) is 0.364. The van der Waals surface area contributed by atoms with E-state index in [2.05, 4.69) is 63.7 Å². The van der Waals surface area contributed by atoms with Crippen molar-refractivity contribution in [3.63, 3.8) is 0 Å². The van der Waals surface area contributed by atoms with Gasteiger partial charge in [-0.1, -0.05) is 25.1 Å². The zero-order chi connectivity index (χ0) is 25.1. The Morgan fingerprint density at radius 1 is 1.14 bits per heavy atom. The van der Waals surface area contributed by atoms with Crippen molar-refractivity contribution in [2.24, 2.45) is 0 Å². The van der Waals surface area contributed by atoms with Gasteiger partial charge >= 0.3 is 0 Å². The zero-order valence-corrected chi connectivity index (χ0v) is 21.4. The van der Waals surface area contributed by atoms with Crippen LogP contribution in [0.2, 0.25) is 0 Å². The summed E-state index contributed by atoms with van der Waals surface area (Å²) >= 11 is 0. The van der Waals surface area contributed by atoms with Gasteiger partial charge in [0.1, 0.15) is 12.4 Å². The van der Waals surface area contributed by atoms with Gasteiger partial charge in [0.05, 0.1) is 11.2 Å². The second-order valence-electron chi connectivity index (χ2n) is 9.85. The van der Waals surface area contributed by atoms with Crippen molar-refractivity contribution in [3.05, 3.63) is 60.2 Å². The van der Waals surface area contributed by atoms with Crippen molar-refractivity contribution < 1.29 is 9.53 Å². The van der Waals surface area contributed by atoms with E-state index in [4.69, 9.17) is 4.74 Å². The summed E-state index contributed by atoms with van der Waals surface area (Å²) in [4.78, 5) is 17.2. The number of ether oxygens (including phenoxy) is 1. The predicted molar refractivity (Wildman–Crippen MR) is 146 cm³/mol. The molecule has 0 bridgehead atoms. The van der Waals surface area contributed by atoms with Gasteiger partial charge in [-0.05, 0) is 87.2 Å². The molecule has 7 nitrogen and oxygen atoms in total. The van der Waals surface area contributed by atoms with Gasteiger partial charge in [0, 0.05) is 35.6 Å². The van der Waals surface area contributed by atoms with Crippen molar-refractivity contribution in [3.8, 4) is 17.0 Å². The Bertz CT molecular complexity index is 1360. The maximum atomic E-state index is 12.6. The molecule has 1 fully saturated rings. The molecule has 0 aliphatic carbocycles. The molecule has 3 aromatic carbocycles. The van der Waals surface area contributed by atoms with Crippen LogP contribution >= 0.6 is 0 Å². The van der Waals surface area contributed by atoms with E-state index in [-0.39, 0.29) is 5.91 Å². The molecule has 1 saturated heterocycles. The standard InChI is InChI=1S/C29H35N5O2/c1-4-34-14-5-6-24(34)19-36-25-11-9-20-16-22(8-7-21(20)17-25)28-26-18-23(10-12-27(26)31-32-28)29(35)30-13-15-33(2)3/h7-12,16-18,24H,4-6,13-15,19H2,1-3H3,(H,30,35)(H,31,32). The second kappa shape index (κ2) is 10.7. The minimum atomic E-state index is -0.0726. The number of rotatable bonds is 9. The number of likely N-dealkylation sites (tertiary alicyclic amines) is 1. The molecule has 1 atom stereocenters. The van der Waals surface area contributed by atoms with E-state index in [1.807, 2.05) is 37.2 Å². The number of benzene rings is 3. The summed E-state index contributed by atoms with van der Waals surface area (Å²) in [7, 11) is 3.98. The van der Waals surface area contributed by atoms with Gasteiger partial charge in [-0.2, -0.15) is 5.10 Å². The fourth-order valence-electron chi connectivity index (χ4n) is 5.02. The highest BCUT2D eigenvalue weighted by Crippen LogP contribution is 2.31. The highest BCUT2D eigenvalue weighted by atomic mass is 16.5. The first-order valence-corrected chi connectivity index (χ1v) is 12.8. The summed E-state index contributed by atoms with van der Waals surface area (Å²) in [5.41, 5.74) is 3.40. The van der Waals surface area contributed by atoms with E-state index in [1.54, 1.807) is 0 Å². The molecule has 7 heteroatoms. The number of nitrogens with one attached hydrogen (secondary N) is 2. The molecule has 1 aliphatic rings. The van der Waals surface area contributed by atoms with Crippen molar-refractivity contribution in [2.45, 2.75) is 25.8 Å². The monoisotopic (exact) mass is 485 g/mol. The third kappa shape index (κ3) is 5.22. The van der Waals surface area contributed by atoms with Crippen LogP contribution in [0.1, 0.15) is 30.1 Å². The Balaban J connectivity index is 1.34. The molecule has 36 heavy (non-hydrogen) atoms. The summed E-state index contributed by atoms with van der Waals surface area (Å²) in [6, 6.07) is 18.8. The van der Waals surface area contributed by atoms with Crippen LogP contribution in [0.5, 0.6) is 5.75 Å². The third-order valence-electron chi connectivity index (χ3n) is 7.10. The fourth-order valence-corrected chi connectivity index (χ4v) is 5.02. The maximum absolute atomic E-state index is 12.6. The Hall–Kier alpha value is -3.42. The summed E-state index contributed by atoms with van der Waals surface area (Å²) in [6.07, 6.45) is 2.47. The Morgan fingerprint density at radius 3 is 2.81 bits per heavy atom. The molecule has 0 spiro atoms. The summed E-state index contributed by atoms with van der Waals surface area (Å²) in [5.74, 6) is 0.838. The van der Waals surface area contributed by atoms with Crippen LogP contribution in [-0.2, 0) is 0 Å². The lowest BCUT2D eigenvalue weighted by atomic mass is 10.0. The maximum Gasteiger partial charge on any atom is 0.251 e. The summed E-state index contributed by atoms with van der Waals surface area (Å²) in [5, 5.41) is 13.9. The summed E-state index contributed by atoms with van der Waals surface area (Å²) in [6.45, 7) is 6.62. The lowest BCUT2D eigenvalue weighted by Crippen LogP contribution is -2.33.